The number of carbonyl (C=O) groups excluding carboxylic acids is 1. The van der Waals surface area contributed by atoms with Crippen LogP contribution in [0, 0.1) is 0 Å². The molecule has 1 aromatic heterocycles. The molecule has 1 heterocycles. The topological polar surface area (TPSA) is 43.3 Å². The molecule has 1 saturated carbocycles. The Bertz CT molecular complexity index is 626. The Hall–Kier alpha value is -1.97. The lowest BCUT2D eigenvalue weighted by Crippen LogP contribution is -2.28. The maximum Gasteiger partial charge on any atom is 0.240 e. The highest BCUT2D eigenvalue weighted by Crippen LogP contribution is 2.23. The third-order valence-electron chi connectivity index (χ3n) is 3.37. The van der Waals surface area contributed by atoms with Crippen molar-refractivity contribution in [2.75, 3.05) is 0 Å². The normalized spacial score (nSPS) is 14.8. The molecule has 0 radical (unpaired) electrons. The van der Waals surface area contributed by atoms with Gasteiger partial charge in [-0.3, -0.25) is 4.79 Å². The number of hydrogen-bond donors (Lipinski definition) is 1. The Morgan fingerprint density at radius 1 is 1.40 bits per heavy atom. The molecule has 0 spiro atoms. The molecule has 20 heavy (non-hydrogen) atoms. The van der Waals surface area contributed by atoms with Gasteiger partial charge in [0, 0.05) is 23.1 Å². The van der Waals surface area contributed by atoms with Crippen molar-refractivity contribution in [2.24, 2.45) is 0 Å². The van der Waals surface area contributed by atoms with E-state index in [-0.39, 0.29) is 12.0 Å². The summed E-state index contributed by atoms with van der Waals surface area (Å²) in [5, 5.41) is 4.11. The summed E-state index contributed by atoms with van der Waals surface area (Å²) in [6, 6.07) is 8.42. The first-order chi connectivity index (χ1) is 9.61. The molecule has 1 aromatic carbocycles. The number of hydrogen-bond acceptors (Lipinski definition) is 2. The molecule has 106 valence electrons. The molecule has 4 heteroatoms. The van der Waals surface area contributed by atoms with E-state index in [0.29, 0.717) is 12.6 Å². The number of rotatable bonds is 5. The Balaban J connectivity index is 1.76. The van der Waals surface area contributed by atoms with Gasteiger partial charge >= 0.3 is 0 Å². The lowest BCUT2D eigenvalue weighted by Gasteiger charge is -2.10. The maximum atomic E-state index is 11.9. The standard InChI is InChI=1S/C16H20N2O2/c1-11(2)20-14-5-6-15-12(9-14)7-8-18(15)10-16(19)17-13-3-4-13/h5-9,11,13H,3-4,10H2,1-2H3,(H,17,19). The van der Waals surface area contributed by atoms with E-state index in [0.717, 1.165) is 29.5 Å². The van der Waals surface area contributed by atoms with E-state index in [1.807, 2.05) is 48.9 Å². The number of amides is 1. The number of aromatic nitrogens is 1. The van der Waals surface area contributed by atoms with Crippen molar-refractivity contribution in [3.8, 4) is 5.75 Å². The largest absolute Gasteiger partial charge is 0.491 e. The van der Waals surface area contributed by atoms with E-state index in [2.05, 4.69) is 5.32 Å². The van der Waals surface area contributed by atoms with Crippen LogP contribution in [0.15, 0.2) is 30.5 Å². The molecule has 3 rings (SSSR count). The summed E-state index contributed by atoms with van der Waals surface area (Å²) in [7, 11) is 0. The Labute approximate surface area is 118 Å². The van der Waals surface area contributed by atoms with Crippen molar-refractivity contribution in [1.29, 1.82) is 0 Å². The summed E-state index contributed by atoms with van der Waals surface area (Å²) in [4.78, 5) is 11.9. The fraction of sp³-hybridized carbons (Fsp3) is 0.438. The van der Waals surface area contributed by atoms with Gasteiger partial charge in [0.25, 0.3) is 0 Å². The molecule has 1 aliphatic carbocycles. The van der Waals surface area contributed by atoms with E-state index >= 15 is 0 Å². The minimum atomic E-state index is 0.0903. The molecule has 2 aromatic rings. The third-order valence-corrected chi connectivity index (χ3v) is 3.37. The SMILES string of the molecule is CC(C)Oc1ccc2c(ccn2CC(=O)NC2CC2)c1. The third kappa shape index (κ3) is 2.95. The van der Waals surface area contributed by atoms with E-state index in [4.69, 9.17) is 4.74 Å². The monoisotopic (exact) mass is 272 g/mol. The van der Waals surface area contributed by atoms with Gasteiger partial charge in [-0.1, -0.05) is 0 Å². The van der Waals surface area contributed by atoms with Crippen LogP contribution >= 0.6 is 0 Å². The molecule has 0 atom stereocenters. The Morgan fingerprint density at radius 2 is 2.20 bits per heavy atom. The van der Waals surface area contributed by atoms with Crippen LogP contribution in [0.2, 0.25) is 0 Å². The van der Waals surface area contributed by atoms with Gasteiger partial charge < -0.3 is 14.6 Å². The number of benzene rings is 1. The van der Waals surface area contributed by atoms with Gasteiger partial charge in [-0.2, -0.15) is 0 Å². The summed E-state index contributed by atoms with van der Waals surface area (Å²) >= 11 is 0. The van der Waals surface area contributed by atoms with Gasteiger partial charge in [0.2, 0.25) is 5.91 Å². The van der Waals surface area contributed by atoms with Gasteiger partial charge in [-0.05, 0) is 51.0 Å². The average Bonchev–Trinajstić information content (AvgIpc) is 3.10. The van der Waals surface area contributed by atoms with Gasteiger partial charge in [-0.25, -0.2) is 0 Å². The van der Waals surface area contributed by atoms with E-state index < -0.39 is 0 Å². The zero-order valence-electron chi connectivity index (χ0n) is 11.9. The predicted molar refractivity (Wildman–Crippen MR) is 78.9 cm³/mol. The molecule has 1 aliphatic rings. The second-order valence-corrected chi connectivity index (χ2v) is 5.67. The van der Waals surface area contributed by atoms with Crippen molar-refractivity contribution >= 4 is 16.8 Å². The minimum absolute atomic E-state index is 0.0903. The summed E-state index contributed by atoms with van der Waals surface area (Å²) in [5.74, 6) is 0.959. The Morgan fingerprint density at radius 3 is 2.90 bits per heavy atom. The van der Waals surface area contributed by atoms with Crippen LogP contribution < -0.4 is 10.1 Å². The lowest BCUT2D eigenvalue weighted by molar-refractivity contribution is -0.121. The van der Waals surface area contributed by atoms with Crippen LogP contribution in [0.4, 0.5) is 0 Å². The minimum Gasteiger partial charge on any atom is -0.491 e. The molecule has 1 fully saturated rings. The Kier molecular flexibility index (Phi) is 3.38. The smallest absolute Gasteiger partial charge is 0.240 e. The summed E-state index contributed by atoms with van der Waals surface area (Å²) in [5.41, 5.74) is 1.06. The average molecular weight is 272 g/mol. The van der Waals surface area contributed by atoms with Crippen LogP contribution in [0.1, 0.15) is 26.7 Å². The molecule has 1 N–H and O–H groups in total. The first kappa shape index (κ1) is 13.0. The van der Waals surface area contributed by atoms with Crippen LogP contribution in [0.5, 0.6) is 5.75 Å². The van der Waals surface area contributed by atoms with Crippen molar-refractivity contribution in [1.82, 2.24) is 9.88 Å². The highest BCUT2D eigenvalue weighted by molar-refractivity contribution is 5.84. The van der Waals surface area contributed by atoms with Gasteiger partial charge in [0.1, 0.15) is 12.3 Å². The van der Waals surface area contributed by atoms with Crippen molar-refractivity contribution in [3.63, 3.8) is 0 Å². The van der Waals surface area contributed by atoms with Gasteiger partial charge in [0.15, 0.2) is 0 Å². The maximum absolute atomic E-state index is 11.9. The predicted octanol–water partition coefficient (Wildman–Crippen LogP) is 2.71. The van der Waals surface area contributed by atoms with Crippen molar-refractivity contribution in [2.45, 2.75) is 45.4 Å². The first-order valence-electron chi connectivity index (χ1n) is 7.17. The fourth-order valence-corrected chi connectivity index (χ4v) is 2.32. The molecule has 4 nitrogen and oxygen atoms in total. The zero-order valence-corrected chi connectivity index (χ0v) is 11.9. The van der Waals surface area contributed by atoms with E-state index in [1.165, 1.54) is 0 Å². The van der Waals surface area contributed by atoms with Crippen LogP contribution in [-0.2, 0) is 11.3 Å². The lowest BCUT2D eigenvalue weighted by atomic mass is 10.2. The molecular formula is C16H20N2O2. The number of nitrogens with one attached hydrogen (secondary N) is 1. The first-order valence-corrected chi connectivity index (χ1v) is 7.17. The molecule has 0 bridgehead atoms. The molecular weight excluding hydrogens is 252 g/mol. The number of nitrogens with zero attached hydrogens (tertiary/aromatic N) is 1. The van der Waals surface area contributed by atoms with Gasteiger partial charge in [0.05, 0.1) is 6.10 Å². The highest BCUT2D eigenvalue weighted by atomic mass is 16.5. The number of fused-ring (bicyclic) bond motifs is 1. The summed E-state index contributed by atoms with van der Waals surface area (Å²) in [6.07, 6.45) is 4.36. The second-order valence-electron chi connectivity index (χ2n) is 5.67. The molecule has 1 amide bonds. The second kappa shape index (κ2) is 5.19. The quantitative estimate of drug-likeness (QED) is 0.909. The molecule has 0 aliphatic heterocycles. The number of carbonyl (C=O) groups is 1. The van der Waals surface area contributed by atoms with Crippen molar-refractivity contribution < 1.29 is 9.53 Å². The van der Waals surface area contributed by atoms with Crippen LogP contribution in [0.3, 0.4) is 0 Å². The number of ether oxygens (including phenoxy) is 1. The highest BCUT2D eigenvalue weighted by Gasteiger charge is 2.23. The van der Waals surface area contributed by atoms with Crippen molar-refractivity contribution in [3.05, 3.63) is 30.5 Å². The molecule has 0 saturated heterocycles. The van der Waals surface area contributed by atoms with E-state index in [9.17, 15) is 4.79 Å². The summed E-state index contributed by atoms with van der Waals surface area (Å²) < 4.78 is 7.66. The van der Waals surface area contributed by atoms with Crippen LogP contribution in [0.25, 0.3) is 10.9 Å². The van der Waals surface area contributed by atoms with E-state index in [1.54, 1.807) is 0 Å². The zero-order chi connectivity index (χ0) is 14.1. The fourth-order valence-electron chi connectivity index (χ4n) is 2.32. The van der Waals surface area contributed by atoms with Crippen LogP contribution in [-0.4, -0.2) is 22.6 Å². The summed E-state index contributed by atoms with van der Waals surface area (Å²) in [6.45, 7) is 4.40. The molecule has 0 unspecified atom stereocenters. The van der Waals surface area contributed by atoms with Gasteiger partial charge in [-0.15, -0.1) is 0 Å².